The van der Waals surface area contributed by atoms with E-state index in [1.54, 1.807) is 0 Å². The molecule has 0 saturated carbocycles. The van der Waals surface area contributed by atoms with Crippen LogP contribution in [0.4, 0.5) is 0 Å². The highest BCUT2D eigenvalue weighted by molar-refractivity contribution is 9.10. The Labute approximate surface area is 113 Å². The summed E-state index contributed by atoms with van der Waals surface area (Å²) in [6, 6.07) is 5.60. The van der Waals surface area contributed by atoms with Gasteiger partial charge in [-0.25, -0.2) is 0 Å². The van der Waals surface area contributed by atoms with Crippen molar-refractivity contribution in [3.8, 4) is 0 Å². The van der Waals surface area contributed by atoms with Crippen LogP contribution >= 0.6 is 39.1 Å². The van der Waals surface area contributed by atoms with Gasteiger partial charge in [0, 0.05) is 15.6 Å². The van der Waals surface area contributed by atoms with Crippen molar-refractivity contribution in [2.24, 2.45) is 0 Å². The van der Waals surface area contributed by atoms with Crippen LogP contribution in [0.5, 0.6) is 0 Å². The van der Waals surface area contributed by atoms with Gasteiger partial charge in [-0.05, 0) is 24.1 Å². The third-order valence-corrected chi connectivity index (χ3v) is 3.69. The molecule has 0 aliphatic carbocycles. The van der Waals surface area contributed by atoms with Gasteiger partial charge in [-0.15, -0.1) is 0 Å². The minimum atomic E-state index is 0.331. The molecule has 0 saturated heterocycles. The first-order chi connectivity index (χ1) is 7.50. The molecule has 0 bridgehead atoms. The number of fused-ring (bicyclic) bond motifs is 1. The molecule has 0 aliphatic heterocycles. The second-order valence-electron chi connectivity index (χ2n) is 3.94. The fraction of sp³-hybridized carbons (Fsp3) is 0.250. The Kier molecular flexibility index (Phi) is 3.43. The standard InChI is InChI=1S/C12H10BrCl2N/c1-6(2)10-5-9(15)11-7(13)3-4-8(14)12(11)16-10/h3-6H,1-2H3. The third-order valence-electron chi connectivity index (χ3n) is 2.42. The third kappa shape index (κ3) is 2.06. The molecule has 0 unspecified atom stereocenters. The number of halogens is 3. The zero-order valence-electron chi connectivity index (χ0n) is 8.89. The van der Waals surface area contributed by atoms with Gasteiger partial charge < -0.3 is 0 Å². The highest BCUT2D eigenvalue weighted by Gasteiger charge is 2.12. The summed E-state index contributed by atoms with van der Waals surface area (Å²) in [6.45, 7) is 4.16. The van der Waals surface area contributed by atoms with E-state index >= 15 is 0 Å². The van der Waals surface area contributed by atoms with Gasteiger partial charge in [0.15, 0.2) is 0 Å². The van der Waals surface area contributed by atoms with E-state index in [9.17, 15) is 0 Å². The summed E-state index contributed by atoms with van der Waals surface area (Å²) in [4.78, 5) is 4.55. The first kappa shape index (κ1) is 12.2. The van der Waals surface area contributed by atoms with Crippen molar-refractivity contribution in [1.82, 2.24) is 4.98 Å². The van der Waals surface area contributed by atoms with Crippen LogP contribution in [0, 0.1) is 0 Å². The average Bonchev–Trinajstić information content (AvgIpc) is 2.22. The van der Waals surface area contributed by atoms with Crippen LogP contribution in [-0.4, -0.2) is 4.98 Å². The Morgan fingerprint density at radius 1 is 1.19 bits per heavy atom. The van der Waals surface area contributed by atoms with E-state index in [0.29, 0.717) is 16.0 Å². The maximum atomic E-state index is 6.25. The normalized spacial score (nSPS) is 11.4. The van der Waals surface area contributed by atoms with Gasteiger partial charge in [0.25, 0.3) is 0 Å². The lowest BCUT2D eigenvalue weighted by molar-refractivity contribution is 0.830. The smallest absolute Gasteiger partial charge is 0.0917 e. The molecule has 0 amide bonds. The number of hydrogen-bond acceptors (Lipinski definition) is 1. The summed E-state index contributed by atoms with van der Waals surface area (Å²) in [5.74, 6) is 0.331. The quantitative estimate of drug-likeness (QED) is 0.683. The van der Waals surface area contributed by atoms with E-state index in [1.165, 1.54) is 0 Å². The Hall–Kier alpha value is -0.310. The Balaban J connectivity index is 2.86. The van der Waals surface area contributed by atoms with E-state index < -0.39 is 0 Å². The largest absolute Gasteiger partial charge is 0.251 e. The first-order valence-electron chi connectivity index (χ1n) is 4.95. The molecule has 0 aliphatic rings. The van der Waals surface area contributed by atoms with E-state index in [-0.39, 0.29) is 0 Å². The number of hydrogen-bond donors (Lipinski definition) is 0. The summed E-state index contributed by atoms with van der Waals surface area (Å²) in [5.41, 5.74) is 1.71. The van der Waals surface area contributed by atoms with Crippen molar-refractivity contribution in [1.29, 1.82) is 0 Å². The van der Waals surface area contributed by atoms with Crippen LogP contribution in [0.2, 0.25) is 10.0 Å². The molecule has 1 aromatic heterocycles. The van der Waals surface area contributed by atoms with Gasteiger partial charge in [0.05, 0.1) is 15.6 Å². The number of rotatable bonds is 1. The maximum Gasteiger partial charge on any atom is 0.0917 e. The van der Waals surface area contributed by atoms with E-state index in [0.717, 1.165) is 21.1 Å². The Morgan fingerprint density at radius 2 is 1.88 bits per heavy atom. The van der Waals surface area contributed by atoms with Crippen LogP contribution in [0.3, 0.4) is 0 Å². The van der Waals surface area contributed by atoms with Gasteiger partial charge in [0.2, 0.25) is 0 Å². The molecular weight excluding hydrogens is 309 g/mol. The molecule has 16 heavy (non-hydrogen) atoms. The van der Waals surface area contributed by atoms with Crippen molar-refractivity contribution >= 4 is 50.0 Å². The second-order valence-corrected chi connectivity index (χ2v) is 5.61. The summed E-state index contributed by atoms with van der Waals surface area (Å²) >= 11 is 15.9. The van der Waals surface area contributed by atoms with Crippen LogP contribution in [-0.2, 0) is 0 Å². The molecule has 0 atom stereocenters. The summed E-state index contributed by atoms with van der Waals surface area (Å²) in [5, 5.41) is 2.18. The summed E-state index contributed by atoms with van der Waals surface area (Å²) < 4.78 is 0.916. The van der Waals surface area contributed by atoms with Gasteiger partial charge in [-0.2, -0.15) is 0 Å². The van der Waals surface area contributed by atoms with E-state index in [1.807, 2.05) is 18.2 Å². The SMILES string of the molecule is CC(C)c1cc(Cl)c2c(Br)ccc(Cl)c2n1. The zero-order valence-corrected chi connectivity index (χ0v) is 12.0. The van der Waals surface area contributed by atoms with E-state index in [4.69, 9.17) is 23.2 Å². The topological polar surface area (TPSA) is 12.9 Å². The Morgan fingerprint density at radius 3 is 2.50 bits per heavy atom. The highest BCUT2D eigenvalue weighted by atomic mass is 79.9. The summed E-state index contributed by atoms with van der Waals surface area (Å²) in [6.07, 6.45) is 0. The van der Waals surface area contributed by atoms with Crippen LogP contribution in [0.25, 0.3) is 10.9 Å². The lowest BCUT2D eigenvalue weighted by Crippen LogP contribution is -1.94. The molecule has 0 N–H and O–H groups in total. The predicted octanol–water partition coefficient (Wildman–Crippen LogP) is 5.43. The lowest BCUT2D eigenvalue weighted by Gasteiger charge is -2.10. The maximum absolute atomic E-state index is 6.25. The molecule has 1 aromatic carbocycles. The predicted molar refractivity (Wildman–Crippen MR) is 73.6 cm³/mol. The zero-order chi connectivity index (χ0) is 11.9. The molecule has 0 fully saturated rings. The van der Waals surface area contributed by atoms with Crippen molar-refractivity contribution in [2.45, 2.75) is 19.8 Å². The molecule has 0 spiro atoms. The van der Waals surface area contributed by atoms with Crippen molar-refractivity contribution in [3.63, 3.8) is 0 Å². The molecular formula is C12H10BrCl2N. The van der Waals surface area contributed by atoms with Crippen LogP contribution in [0.1, 0.15) is 25.5 Å². The van der Waals surface area contributed by atoms with Crippen LogP contribution < -0.4 is 0 Å². The van der Waals surface area contributed by atoms with Crippen LogP contribution in [0.15, 0.2) is 22.7 Å². The number of nitrogens with zero attached hydrogens (tertiary/aromatic N) is 1. The number of aromatic nitrogens is 1. The van der Waals surface area contributed by atoms with Gasteiger partial charge >= 0.3 is 0 Å². The second kappa shape index (κ2) is 4.52. The minimum Gasteiger partial charge on any atom is -0.251 e. The number of benzene rings is 1. The van der Waals surface area contributed by atoms with Crippen molar-refractivity contribution in [3.05, 3.63) is 38.4 Å². The molecule has 1 nitrogen and oxygen atoms in total. The molecule has 2 rings (SSSR count). The minimum absolute atomic E-state index is 0.331. The lowest BCUT2D eigenvalue weighted by atomic mass is 10.1. The monoisotopic (exact) mass is 317 g/mol. The van der Waals surface area contributed by atoms with Gasteiger partial charge in [0.1, 0.15) is 0 Å². The summed E-state index contributed by atoms with van der Waals surface area (Å²) in [7, 11) is 0. The van der Waals surface area contributed by atoms with Gasteiger partial charge in [-0.3, -0.25) is 4.98 Å². The molecule has 0 radical (unpaired) electrons. The Bertz CT molecular complexity index is 552. The fourth-order valence-electron chi connectivity index (χ4n) is 1.54. The molecule has 84 valence electrons. The van der Waals surface area contributed by atoms with Crippen molar-refractivity contribution in [2.75, 3.05) is 0 Å². The average molecular weight is 319 g/mol. The van der Waals surface area contributed by atoms with Gasteiger partial charge in [-0.1, -0.05) is 53.0 Å². The van der Waals surface area contributed by atoms with E-state index in [2.05, 4.69) is 34.8 Å². The molecule has 1 heterocycles. The molecule has 2 aromatic rings. The highest BCUT2D eigenvalue weighted by Crippen LogP contribution is 2.35. The van der Waals surface area contributed by atoms with Crippen molar-refractivity contribution < 1.29 is 0 Å². The molecule has 4 heteroatoms. The number of pyridine rings is 1. The first-order valence-corrected chi connectivity index (χ1v) is 6.49. The fourth-order valence-corrected chi connectivity index (χ4v) is 2.69.